The van der Waals surface area contributed by atoms with Crippen molar-refractivity contribution >= 4 is 57.7 Å². The van der Waals surface area contributed by atoms with Crippen LogP contribution in [-0.2, 0) is 14.3 Å². The zero-order valence-electron chi connectivity index (χ0n) is 21.2. The minimum atomic E-state index is -1.18. The molecule has 0 fully saturated rings. The number of thioether (sulfide) groups is 1. The fraction of sp³-hybridized carbons (Fsp3) is 0.192. The molecule has 1 aliphatic heterocycles. The largest absolute Gasteiger partial charge is 0.462 e. The number of non-ortho nitro benzene ring substituents is 2. The summed E-state index contributed by atoms with van der Waals surface area (Å²) in [5.74, 6) is -2.47. The van der Waals surface area contributed by atoms with Crippen LogP contribution in [0.5, 0.6) is 0 Å². The molecule has 4 rings (SSSR count). The summed E-state index contributed by atoms with van der Waals surface area (Å²) < 4.78 is 11.4. The van der Waals surface area contributed by atoms with Gasteiger partial charge in [-0.15, -0.1) is 0 Å². The maximum Gasteiger partial charge on any atom is 0.357 e. The Hall–Kier alpha value is -4.98. The van der Waals surface area contributed by atoms with Gasteiger partial charge in [0.2, 0.25) is 5.91 Å². The summed E-state index contributed by atoms with van der Waals surface area (Å²) in [6, 6.07) is 10.9. The number of nitrogen functional groups attached to an aromatic ring is 1. The molecule has 206 valence electrons. The highest BCUT2D eigenvalue weighted by Gasteiger charge is 2.38. The first-order chi connectivity index (χ1) is 19.1. The number of rotatable bonds is 8. The van der Waals surface area contributed by atoms with Crippen LogP contribution >= 0.6 is 11.8 Å². The molecular weight excluding hydrogens is 544 g/mol. The van der Waals surface area contributed by atoms with E-state index in [9.17, 15) is 34.6 Å². The van der Waals surface area contributed by atoms with Gasteiger partial charge in [0, 0.05) is 29.5 Å². The number of nitro groups is 2. The van der Waals surface area contributed by atoms with Crippen LogP contribution < -0.4 is 16.3 Å². The number of fused-ring (bicyclic) bond motifs is 1. The molecule has 14 heteroatoms. The second-order valence-electron chi connectivity index (χ2n) is 8.31. The number of carbonyl (C=O) groups excluding carboxylic acids is 3. The highest BCUT2D eigenvalue weighted by Crippen LogP contribution is 2.40. The number of esters is 2. The standard InChI is InChI=1S/C26H22N4O9S/c1-3-38-25(32)21-19(27)18(12-14-7-5-9-16(11-14)29(34)35)20-23(26(33)39-4-2)40-22(24(31)28(20)21)15-8-6-10-17(13-15)30(36)37/h5-13,22H,3-4,27H2,1-2H3/b18-12+/t22-/m1/s1. The predicted molar refractivity (Wildman–Crippen MR) is 145 cm³/mol. The van der Waals surface area contributed by atoms with Crippen LogP contribution in [0.2, 0.25) is 0 Å². The molecule has 0 saturated carbocycles. The first-order valence-electron chi connectivity index (χ1n) is 11.9. The van der Waals surface area contributed by atoms with Gasteiger partial charge in [0.25, 0.3) is 11.4 Å². The van der Waals surface area contributed by atoms with E-state index in [0.717, 1.165) is 16.3 Å². The lowest BCUT2D eigenvalue weighted by molar-refractivity contribution is -0.385. The molecule has 2 aromatic carbocycles. The fourth-order valence-corrected chi connectivity index (χ4v) is 5.38. The molecule has 0 spiro atoms. The average Bonchev–Trinajstić information content (AvgIpc) is 3.21. The van der Waals surface area contributed by atoms with Gasteiger partial charge in [0.05, 0.1) is 34.1 Å². The normalized spacial score (nSPS) is 14.9. The van der Waals surface area contributed by atoms with E-state index in [1.54, 1.807) is 19.9 Å². The molecule has 0 bridgehead atoms. The number of nitrogens with zero attached hydrogens (tertiary/aromatic N) is 3. The van der Waals surface area contributed by atoms with Crippen molar-refractivity contribution in [1.29, 1.82) is 0 Å². The number of anilines is 1. The van der Waals surface area contributed by atoms with Crippen LogP contribution in [0, 0.1) is 20.2 Å². The summed E-state index contributed by atoms with van der Waals surface area (Å²) in [6.45, 7) is 3.09. The molecule has 1 aromatic heterocycles. The minimum Gasteiger partial charge on any atom is -0.462 e. The van der Waals surface area contributed by atoms with Gasteiger partial charge in [0.1, 0.15) is 10.2 Å². The molecule has 1 aliphatic rings. The quantitative estimate of drug-likeness (QED) is 0.240. The third-order valence-corrected chi connectivity index (χ3v) is 7.15. The van der Waals surface area contributed by atoms with E-state index < -0.39 is 32.9 Å². The third kappa shape index (κ3) is 5.16. The van der Waals surface area contributed by atoms with Crippen LogP contribution in [0.3, 0.4) is 0 Å². The van der Waals surface area contributed by atoms with Crippen molar-refractivity contribution in [1.82, 2.24) is 4.57 Å². The van der Waals surface area contributed by atoms with Crippen molar-refractivity contribution in [3.8, 4) is 0 Å². The fourth-order valence-electron chi connectivity index (χ4n) is 4.19. The minimum absolute atomic E-state index is 0.0107. The monoisotopic (exact) mass is 566 g/mol. The van der Waals surface area contributed by atoms with Crippen LogP contribution in [0.15, 0.2) is 48.5 Å². The van der Waals surface area contributed by atoms with E-state index >= 15 is 0 Å². The molecule has 2 N–H and O–H groups in total. The maximum atomic E-state index is 14.0. The molecule has 0 amide bonds. The molecule has 0 radical (unpaired) electrons. The number of nitrogens with two attached hydrogens (primary N) is 1. The van der Waals surface area contributed by atoms with Gasteiger partial charge in [-0.2, -0.15) is 0 Å². The van der Waals surface area contributed by atoms with E-state index in [4.69, 9.17) is 15.2 Å². The predicted octanol–water partition coefficient (Wildman–Crippen LogP) is 2.69. The second-order valence-corrected chi connectivity index (χ2v) is 9.43. The van der Waals surface area contributed by atoms with Crippen LogP contribution in [0.1, 0.15) is 45.5 Å². The lowest BCUT2D eigenvalue weighted by atomic mass is 10.1. The molecule has 2 heterocycles. The summed E-state index contributed by atoms with van der Waals surface area (Å²) in [5, 5.41) is 21.5. The smallest absolute Gasteiger partial charge is 0.357 e. The van der Waals surface area contributed by atoms with Crippen molar-refractivity contribution < 1.29 is 33.7 Å². The Morgan fingerprint density at radius 2 is 1.60 bits per heavy atom. The van der Waals surface area contributed by atoms with Gasteiger partial charge in [-0.05, 0) is 31.1 Å². The first-order valence-corrected chi connectivity index (χ1v) is 12.8. The average molecular weight is 567 g/mol. The van der Waals surface area contributed by atoms with E-state index in [1.807, 2.05) is 0 Å². The van der Waals surface area contributed by atoms with Crippen LogP contribution in [0.25, 0.3) is 11.0 Å². The summed E-state index contributed by atoms with van der Waals surface area (Å²) in [7, 11) is 0. The Kier molecular flexibility index (Phi) is 8.00. The SMILES string of the molecule is CCOC(=O)C1=c2/c(=C/c3cccc([N+](=O)[O-])c3)c(N)c(C(=O)OCC)n2C(=O)[C@@H](c2cccc([N+](=O)[O-])c2)S1. The highest BCUT2D eigenvalue weighted by atomic mass is 32.2. The summed E-state index contributed by atoms with van der Waals surface area (Å²) in [5.41, 5.74) is 5.89. The maximum absolute atomic E-state index is 14.0. The molecule has 0 aliphatic carbocycles. The van der Waals surface area contributed by atoms with Gasteiger partial charge in [-0.1, -0.05) is 36.0 Å². The number of benzene rings is 2. The highest BCUT2D eigenvalue weighted by molar-refractivity contribution is 8.10. The number of hydrogen-bond acceptors (Lipinski definition) is 11. The Morgan fingerprint density at radius 1 is 1.00 bits per heavy atom. The van der Waals surface area contributed by atoms with E-state index in [0.29, 0.717) is 5.56 Å². The van der Waals surface area contributed by atoms with Crippen molar-refractivity contribution in [2.24, 2.45) is 0 Å². The Balaban J connectivity index is 2.10. The third-order valence-electron chi connectivity index (χ3n) is 5.85. The van der Waals surface area contributed by atoms with Gasteiger partial charge in [0.15, 0.2) is 5.69 Å². The topological polar surface area (TPSA) is 187 Å². The Labute approximate surface area is 230 Å². The zero-order chi connectivity index (χ0) is 29.1. The first kappa shape index (κ1) is 28.0. The molecule has 1 atom stereocenters. The molecule has 0 unspecified atom stereocenters. The van der Waals surface area contributed by atoms with Crippen LogP contribution in [0.4, 0.5) is 17.1 Å². The van der Waals surface area contributed by atoms with E-state index in [-0.39, 0.29) is 57.0 Å². The van der Waals surface area contributed by atoms with E-state index in [1.165, 1.54) is 48.5 Å². The lowest BCUT2D eigenvalue weighted by Crippen LogP contribution is -2.42. The molecule has 3 aromatic rings. The zero-order valence-corrected chi connectivity index (χ0v) is 22.0. The van der Waals surface area contributed by atoms with Crippen molar-refractivity contribution in [3.05, 3.63) is 96.1 Å². The molecule has 40 heavy (non-hydrogen) atoms. The Morgan fingerprint density at radius 3 is 2.23 bits per heavy atom. The number of ether oxygens (including phenoxy) is 2. The van der Waals surface area contributed by atoms with Gasteiger partial charge in [-0.3, -0.25) is 29.6 Å². The molecule has 0 saturated heterocycles. The number of nitro benzene ring substituents is 2. The number of aromatic nitrogens is 1. The Bertz CT molecular complexity index is 1700. The van der Waals surface area contributed by atoms with Crippen molar-refractivity contribution in [3.63, 3.8) is 0 Å². The van der Waals surface area contributed by atoms with Crippen molar-refractivity contribution in [2.45, 2.75) is 19.1 Å². The molecular formula is C26H22N4O9S. The summed E-state index contributed by atoms with van der Waals surface area (Å²) in [6.07, 6.45) is 1.41. The van der Waals surface area contributed by atoms with Gasteiger partial charge in [-0.25, -0.2) is 9.59 Å². The van der Waals surface area contributed by atoms with E-state index in [2.05, 4.69) is 0 Å². The lowest BCUT2D eigenvalue weighted by Gasteiger charge is -2.23. The van der Waals surface area contributed by atoms with Crippen molar-refractivity contribution in [2.75, 3.05) is 18.9 Å². The summed E-state index contributed by atoms with van der Waals surface area (Å²) in [4.78, 5) is 61.7. The summed E-state index contributed by atoms with van der Waals surface area (Å²) >= 11 is 0.797. The van der Waals surface area contributed by atoms with Crippen LogP contribution in [-0.4, -0.2) is 45.5 Å². The number of carbonyl (C=O) groups is 3. The second kappa shape index (κ2) is 11.4. The number of hydrogen-bond donors (Lipinski definition) is 1. The van der Waals surface area contributed by atoms with Gasteiger partial charge < -0.3 is 15.2 Å². The van der Waals surface area contributed by atoms with Gasteiger partial charge >= 0.3 is 11.9 Å². The molecule has 13 nitrogen and oxygen atoms in total.